The molecule has 0 saturated carbocycles. The lowest BCUT2D eigenvalue weighted by atomic mass is 9.84. The lowest BCUT2D eigenvalue weighted by molar-refractivity contribution is -0.187. The number of carbonyl (C=O) groups excluding carboxylic acids is 2. The second kappa shape index (κ2) is 4.04. The van der Waals surface area contributed by atoms with Crippen molar-refractivity contribution in [2.45, 2.75) is 25.4 Å². The standard InChI is InChI=1S/C13H14N2O4/c1-7(17)10-11-14(6-16)9-5-3-2-4-8(9)12(18)15(11)13(10)19/h2-7,10-12,17-18H,1H3/t7-,10-,11+,12?/m1/s1. The second-order valence-corrected chi connectivity index (χ2v) is 4.87. The fraction of sp³-hybridized carbons (Fsp3) is 0.385. The molecule has 1 unspecified atom stereocenters. The number of fused-ring (bicyclic) bond motifs is 2. The first kappa shape index (κ1) is 12.1. The lowest BCUT2D eigenvalue weighted by Gasteiger charge is -2.56. The summed E-state index contributed by atoms with van der Waals surface area (Å²) < 4.78 is 0. The van der Waals surface area contributed by atoms with E-state index in [1.165, 1.54) is 16.7 Å². The maximum absolute atomic E-state index is 12.0. The molecular formula is C13H14N2O4. The Morgan fingerprint density at radius 3 is 2.68 bits per heavy atom. The highest BCUT2D eigenvalue weighted by Gasteiger charge is 2.58. The molecule has 19 heavy (non-hydrogen) atoms. The van der Waals surface area contributed by atoms with E-state index in [1.54, 1.807) is 24.3 Å². The number of benzene rings is 1. The molecule has 3 rings (SSSR count). The second-order valence-electron chi connectivity index (χ2n) is 4.87. The van der Waals surface area contributed by atoms with Crippen LogP contribution in [0.15, 0.2) is 24.3 Å². The topological polar surface area (TPSA) is 81.1 Å². The van der Waals surface area contributed by atoms with Crippen LogP contribution in [0.5, 0.6) is 0 Å². The number of aliphatic hydroxyl groups excluding tert-OH is 2. The van der Waals surface area contributed by atoms with Gasteiger partial charge in [0.15, 0.2) is 6.23 Å². The number of para-hydroxylation sites is 1. The number of hydrogen-bond acceptors (Lipinski definition) is 4. The highest BCUT2D eigenvalue weighted by Crippen LogP contribution is 2.46. The monoisotopic (exact) mass is 262 g/mol. The summed E-state index contributed by atoms with van der Waals surface area (Å²) in [6, 6.07) is 6.89. The SMILES string of the molecule is C[C@@H](O)[C@H]1C(=O)N2C(O)c3ccccc3N(C=O)[C@H]12. The Balaban J connectivity index is 2.10. The van der Waals surface area contributed by atoms with Gasteiger partial charge in [0.05, 0.1) is 11.8 Å². The van der Waals surface area contributed by atoms with Gasteiger partial charge in [0.25, 0.3) is 0 Å². The first-order valence-electron chi connectivity index (χ1n) is 6.08. The van der Waals surface area contributed by atoms with Gasteiger partial charge in [-0.3, -0.25) is 19.4 Å². The van der Waals surface area contributed by atoms with Crippen molar-refractivity contribution in [2.24, 2.45) is 5.92 Å². The van der Waals surface area contributed by atoms with Crippen molar-refractivity contribution in [2.75, 3.05) is 4.90 Å². The molecule has 0 bridgehead atoms. The molecule has 1 fully saturated rings. The molecule has 0 aromatic heterocycles. The molecule has 2 heterocycles. The van der Waals surface area contributed by atoms with Gasteiger partial charge in [-0.15, -0.1) is 0 Å². The molecule has 6 heteroatoms. The van der Waals surface area contributed by atoms with Crippen molar-refractivity contribution in [1.29, 1.82) is 0 Å². The summed E-state index contributed by atoms with van der Waals surface area (Å²) in [6.45, 7) is 1.51. The van der Waals surface area contributed by atoms with Crippen molar-refractivity contribution in [3.63, 3.8) is 0 Å². The number of amides is 2. The number of aliphatic hydroxyl groups is 2. The zero-order chi connectivity index (χ0) is 13.7. The number of β-lactam (4-membered cyclic amide) rings is 1. The average Bonchev–Trinajstić information content (AvgIpc) is 2.38. The molecule has 1 saturated heterocycles. The summed E-state index contributed by atoms with van der Waals surface area (Å²) in [5, 5.41) is 19.9. The van der Waals surface area contributed by atoms with Crippen molar-refractivity contribution in [1.82, 2.24) is 4.90 Å². The van der Waals surface area contributed by atoms with E-state index in [0.29, 0.717) is 17.7 Å². The fourth-order valence-corrected chi connectivity index (χ4v) is 2.90. The van der Waals surface area contributed by atoms with Gasteiger partial charge in [-0.05, 0) is 13.0 Å². The van der Waals surface area contributed by atoms with Gasteiger partial charge in [0.1, 0.15) is 12.1 Å². The third kappa shape index (κ3) is 1.44. The van der Waals surface area contributed by atoms with Gasteiger partial charge in [-0.25, -0.2) is 0 Å². The molecule has 4 atom stereocenters. The molecule has 0 aliphatic carbocycles. The Morgan fingerprint density at radius 2 is 2.05 bits per heavy atom. The molecule has 1 aromatic carbocycles. The Hall–Kier alpha value is -1.92. The van der Waals surface area contributed by atoms with Crippen molar-refractivity contribution in [3.05, 3.63) is 29.8 Å². The van der Waals surface area contributed by atoms with Crippen LogP contribution in [-0.2, 0) is 9.59 Å². The van der Waals surface area contributed by atoms with Gasteiger partial charge in [0.2, 0.25) is 12.3 Å². The van der Waals surface area contributed by atoms with E-state index >= 15 is 0 Å². The van der Waals surface area contributed by atoms with Crippen LogP contribution >= 0.6 is 0 Å². The number of nitrogens with zero attached hydrogens (tertiary/aromatic N) is 2. The molecule has 100 valence electrons. The minimum atomic E-state index is -1.07. The zero-order valence-electron chi connectivity index (χ0n) is 10.3. The molecular weight excluding hydrogens is 248 g/mol. The average molecular weight is 262 g/mol. The number of hydrogen-bond donors (Lipinski definition) is 2. The first-order valence-corrected chi connectivity index (χ1v) is 6.08. The minimum Gasteiger partial charge on any atom is -0.392 e. The van der Waals surface area contributed by atoms with E-state index in [0.717, 1.165) is 0 Å². The molecule has 2 aliphatic heterocycles. The largest absolute Gasteiger partial charge is 0.392 e. The van der Waals surface area contributed by atoms with Crippen molar-refractivity contribution < 1.29 is 19.8 Å². The van der Waals surface area contributed by atoms with Crippen LogP contribution in [0, 0.1) is 5.92 Å². The van der Waals surface area contributed by atoms with Gasteiger partial charge in [0, 0.05) is 5.56 Å². The third-order valence-corrected chi connectivity index (χ3v) is 3.82. The maximum Gasteiger partial charge on any atom is 0.236 e. The molecule has 2 N–H and O–H groups in total. The van der Waals surface area contributed by atoms with Crippen LogP contribution in [0.1, 0.15) is 18.7 Å². The first-order chi connectivity index (χ1) is 9.07. The van der Waals surface area contributed by atoms with Crippen LogP contribution in [0.4, 0.5) is 5.69 Å². The zero-order valence-corrected chi connectivity index (χ0v) is 10.3. The number of carbonyl (C=O) groups is 2. The normalized spacial score (nSPS) is 30.3. The third-order valence-electron chi connectivity index (χ3n) is 3.82. The van der Waals surface area contributed by atoms with E-state index in [9.17, 15) is 19.8 Å². The van der Waals surface area contributed by atoms with Crippen LogP contribution in [0.25, 0.3) is 0 Å². The fourth-order valence-electron chi connectivity index (χ4n) is 2.90. The van der Waals surface area contributed by atoms with Gasteiger partial charge >= 0.3 is 0 Å². The summed E-state index contributed by atoms with van der Waals surface area (Å²) in [6.07, 6.45) is -1.92. The van der Waals surface area contributed by atoms with Crippen LogP contribution in [-0.4, -0.2) is 39.7 Å². The highest BCUT2D eigenvalue weighted by molar-refractivity contribution is 5.93. The molecule has 0 spiro atoms. The van der Waals surface area contributed by atoms with Crippen LogP contribution in [0.2, 0.25) is 0 Å². The van der Waals surface area contributed by atoms with E-state index in [1.807, 2.05) is 0 Å². The number of rotatable bonds is 2. The van der Waals surface area contributed by atoms with Crippen LogP contribution in [0.3, 0.4) is 0 Å². The minimum absolute atomic E-state index is 0.339. The summed E-state index contributed by atoms with van der Waals surface area (Å²) in [4.78, 5) is 25.9. The van der Waals surface area contributed by atoms with Crippen molar-refractivity contribution >= 4 is 18.0 Å². The van der Waals surface area contributed by atoms with Gasteiger partial charge in [-0.2, -0.15) is 0 Å². The predicted molar refractivity (Wildman–Crippen MR) is 65.7 cm³/mol. The predicted octanol–water partition coefficient (Wildman–Crippen LogP) is -0.181. The van der Waals surface area contributed by atoms with Gasteiger partial charge < -0.3 is 10.2 Å². The summed E-state index contributed by atoms with van der Waals surface area (Å²) in [5.74, 6) is -1.03. The summed E-state index contributed by atoms with van der Waals surface area (Å²) in [5.41, 5.74) is 1.09. The number of anilines is 1. The van der Waals surface area contributed by atoms with Crippen molar-refractivity contribution in [3.8, 4) is 0 Å². The Bertz CT molecular complexity index is 545. The molecule has 0 radical (unpaired) electrons. The van der Waals surface area contributed by atoms with E-state index in [-0.39, 0.29) is 5.91 Å². The van der Waals surface area contributed by atoms with Crippen LogP contribution < -0.4 is 4.90 Å². The summed E-state index contributed by atoms with van der Waals surface area (Å²) in [7, 11) is 0. The van der Waals surface area contributed by atoms with E-state index in [2.05, 4.69) is 0 Å². The molecule has 2 amide bonds. The Morgan fingerprint density at radius 1 is 1.37 bits per heavy atom. The smallest absolute Gasteiger partial charge is 0.236 e. The Labute approximate surface area is 109 Å². The maximum atomic E-state index is 12.0. The Kier molecular flexibility index (Phi) is 2.58. The molecule has 1 aromatic rings. The van der Waals surface area contributed by atoms with E-state index in [4.69, 9.17) is 0 Å². The molecule has 2 aliphatic rings. The quantitative estimate of drug-likeness (QED) is 0.572. The highest BCUT2D eigenvalue weighted by atomic mass is 16.3. The lowest BCUT2D eigenvalue weighted by Crippen LogP contribution is -2.72. The van der Waals surface area contributed by atoms with E-state index < -0.39 is 24.4 Å². The van der Waals surface area contributed by atoms with Gasteiger partial charge in [-0.1, -0.05) is 18.2 Å². The molecule has 6 nitrogen and oxygen atoms in total. The summed E-state index contributed by atoms with van der Waals surface area (Å²) >= 11 is 0.